The van der Waals surface area contributed by atoms with E-state index in [9.17, 15) is 0 Å². The van der Waals surface area contributed by atoms with Crippen LogP contribution in [-0.4, -0.2) is 7.11 Å². The van der Waals surface area contributed by atoms with Gasteiger partial charge in [0.15, 0.2) is 0 Å². The SMILES string of the molecule is CCc1ccccc1CCc1cccc(OC)c1. The predicted octanol–water partition coefficient (Wildman–Crippen LogP) is 4.04. The molecule has 0 aliphatic heterocycles. The van der Waals surface area contributed by atoms with Crippen LogP contribution in [0.5, 0.6) is 5.75 Å². The largest absolute Gasteiger partial charge is 0.497 e. The number of rotatable bonds is 5. The van der Waals surface area contributed by atoms with Crippen molar-refractivity contribution in [2.45, 2.75) is 26.2 Å². The Kier molecular flexibility index (Phi) is 4.40. The van der Waals surface area contributed by atoms with Crippen LogP contribution in [0.4, 0.5) is 0 Å². The summed E-state index contributed by atoms with van der Waals surface area (Å²) in [6, 6.07) is 17.0. The number of ether oxygens (including phenoxy) is 1. The minimum absolute atomic E-state index is 0.941. The number of benzene rings is 2. The minimum Gasteiger partial charge on any atom is -0.497 e. The second-order valence-corrected chi connectivity index (χ2v) is 4.47. The zero-order chi connectivity index (χ0) is 12.8. The highest BCUT2D eigenvalue weighted by molar-refractivity contribution is 5.31. The molecule has 2 aromatic rings. The second kappa shape index (κ2) is 6.25. The maximum Gasteiger partial charge on any atom is 0.119 e. The number of hydrogen-bond acceptors (Lipinski definition) is 1. The van der Waals surface area contributed by atoms with Crippen molar-refractivity contribution in [1.29, 1.82) is 0 Å². The average molecular weight is 240 g/mol. The molecule has 1 heteroatoms. The Morgan fingerprint density at radius 3 is 2.39 bits per heavy atom. The van der Waals surface area contributed by atoms with E-state index in [1.54, 1.807) is 7.11 Å². The fraction of sp³-hybridized carbons (Fsp3) is 0.294. The number of aryl methyl sites for hydroxylation is 3. The Morgan fingerprint density at radius 2 is 1.67 bits per heavy atom. The maximum absolute atomic E-state index is 5.25. The predicted molar refractivity (Wildman–Crippen MR) is 76.2 cm³/mol. The van der Waals surface area contributed by atoms with Gasteiger partial charge in [-0.25, -0.2) is 0 Å². The molecule has 0 atom stereocenters. The van der Waals surface area contributed by atoms with E-state index in [4.69, 9.17) is 4.74 Å². The molecule has 0 unspecified atom stereocenters. The molecular weight excluding hydrogens is 220 g/mol. The van der Waals surface area contributed by atoms with E-state index in [1.807, 2.05) is 6.07 Å². The minimum atomic E-state index is 0.941. The van der Waals surface area contributed by atoms with Gasteiger partial charge >= 0.3 is 0 Å². The van der Waals surface area contributed by atoms with Gasteiger partial charge in [0.25, 0.3) is 0 Å². The van der Waals surface area contributed by atoms with Crippen LogP contribution < -0.4 is 4.74 Å². The standard InChI is InChI=1S/C17H20O/c1-3-15-8-4-5-9-16(15)12-11-14-7-6-10-17(13-14)18-2/h4-10,13H,3,11-12H2,1-2H3. The Morgan fingerprint density at radius 1 is 0.889 bits per heavy atom. The van der Waals surface area contributed by atoms with Gasteiger partial charge in [0, 0.05) is 0 Å². The molecule has 2 aromatic carbocycles. The van der Waals surface area contributed by atoms with Gasteiger partial charge in [-0.15, -0.1) is 0 Å². The topological polar surface area (TPSA) is 9.23 Å². The molecule has 0 aliphatic carbocycles. The van der Waals surface area contributed by atoms with Gasteiger partial charge in [-0.05, 0) is 48.1 Å². The summed E-state index contributed by atoms with van der Waals surface area (Å²) in [4.78, 5) is 0. The fourth-order valence-electron chi connectivity index (χ4n) is 2.25. The average Bonchev–Trinajstić information content (AvgIpc) is 2.45. The summed E-state index contributed by atoms with van der Waals surface area (Å²) < 4.78 is 5.25. The van der Waals surface area contributed by atoms with Crippen molar-refractivity contribution in [1.82, 2.24) is 0 Å². The van der Waals surface area contributed by atoms with Crippen LogP contribution >= 0.6 is 0 Å². The Balaban J connectivity index is 2.06. The van der Waals surface area contributed by atoms with Crippen molar-refractivity contribution < 1.29 is 4.74 Å². The summed E-state index contributed by atoms with van der Waals surface area (Å²) in [6.45, 7) is 2.21. The molecule has 2 rings (SSSR count). The van der Waals surface area contributed by atoms with E-state index >= 15 is 0 Å². The molecule has 0 aliphatic rings. The highest BCUT2D eigenvalue weighted by Gasteiger charge is 2.01. The molecule has 0 fully saturated rings. The lowest BCUT2D eigenvalue weighted by Crippen LogP contribution is -1.96. The van der Waals surface area contributed by atoms with Gasteiger partial charge in [-0.3, -0.25) is 0 Å². The summed E-state index contributed by atoms with van der Waals surface area (Å²) in [7, 11) is 1.71. The summed E-state index contributed by atoms with van der Waals surface area (Å²) >= 11 is 0. The first-order chi connectivity index (χ1) is 8.83. The van der Waals surface area contributed by atoms with Crippen molar-refractivity contribution in [2.75, 3.05) is 7.11 Å². The molecule has 0 amide bonds. The molecule has 0 radical (unpaired) electrons. The molecule has 18 heavy (non-hydrogen) atoms. The van der Waals surface area contributed by atoms with Crippen LogP contribution in [0.25, 0.3) is 0 Å². The maximum atomic E-state index is 5.25. The summed E-state index contributed by atoms with van der Waals surface area (Å²) in [5.41, 5.74) is 4.25. The first-order valence-corrected chi connectivity index (χ1v) is 6.53. The zero-order valence-corrected chi connectivity index (χ0v) is 11.1. The van der Waals surface area contributed by atoms with E-state index in [-0.39, 0.29) is 0 Å². The van der Waals surface area contributed by atoms with E-state index in [2.05, 4.69) is 49.4 Å². The van der Waals surface area contributed by atoms with E-state index in [0.29, 0.717) is 0 Å². The third-order valence-corrected chi connectivity index (χ3v) is 3.32. The molecule has 0 N–H and O–H groups in total. The van der Waals surface area contributed by atoms with Crippen molar-refractivity contribution in [3.63, 3.8) is 0 Å². The van der Waals surface area contributed by atoms with Crippen molar-refractivity contribution in [3.05, 3.63) is 65.2 Å². The van der Waals surface area contributed by atoms with Crippen molar-refractivity contribution in [3.8, 4) is 5.75 Å². The van der Waals surface area contributed by atoms with Crippen LogP contribution in [0.3, 0.4) is 0 Å². The molecule has 0 aromatic heterocycles. The molecule has 94 valence electrons. The summed E-state index contributed by atoms with van der Waals surface area (Å²) in [5.74, 6) is 0.941. The first-order valence-electron chi connectivity index (χ1n) is 6.53. The van der Waals surface area contributed by atoms with Crippen LogP contribution in [0.15, 0.2) is 48.5 Å². The van der Waals surface area contributed by atoms with Gasteiger partial charge in [-0.1, -0.05) is 43.3 Å². The Hall–Kier alpha value is -1.76. The third kappa shape index (κ3) is 3.13. The van der Waals surface area contributed by atoms with Crippen LogP contribution in [-0.2, 0) is 19.3 Å². The fourth-order valence-corrected chi connectivity index (χ4v) is 2.25. The molecule has 0 bridgehead atoms. The monoisotopic (exact) mass is 240 g/mol. The van der Waals surface area contributed by atoms with Gasteiger partial charge in [0.05, 0.1) is 7.11 Å². The van der Waals surface area contributed by atoms with E-state index < -0.39 is 0 Å². The van der Waals surface area contributed by atoms with Crippen LogP contribution in [0, 0.1) is 0 Å². The zero-order valence-electron chi connectivity index (χ0n) is 11.1. The first kappa shape index (κ1) is 12.7. The quantitative estimate of drug-likeness (QED) is 0.766. The number of methoxy groups -OCH3 is 1. The van der Waals surface area contributed by atoms with E-state index in [1.165, 1.54) is 16.7 Å². The molecular formula is C17H20O. The third-order valence-electron chi connectivity index (χ3n) is 3.32. The highest BCUT2D eigenvalue weighted by Crippen LogP contribution is 2.16. The summed E-state index contributed by atoms with van der Waals surface area (Å²) in [5, 5.41) is 0. The number of hydrogen-bond donors (Lipinski definition) is 0. The molecule has 1 nitrogen and oxygen atoms in total. The van der Waals surface area contributed by atoms with Crippen LogP contribution in [0.1, 0.15) is 23.6 Å². The Bertz CT molecular complexity index is 502. The highest BCUT2D eigenvalue weighted by atomic mass is 16.5. The smallest absolute Gasteiger partial charge is 0.119 e. The molecule has 0 saturated carbocycles. The molecule has 0 heterocycles. The summed E-state index contributed by atoms with van der Waals surface area (Å²) in [6.07, 6.45) is 3.26. The molecule has 0 saturated heterocycles. The van der Waals surface area contributed by atoms with Crippen molar-refractivity contribution >= 4 is 0 Å². The van der Waals surface area contributed by atoms with Crippen LogP contribution in [0.2, 0.25) is 0 Å². The van der Waals surface area contributed by atoms with Crippen molar-refractivity contribution in [2.24, 2.45) is 0 Å². The lowest BCUT2D eigenvalue weighted by Gasteiger charge is -2.08. The van der Waals surface area contributed by atoms with Gasteiger partial charge in [-0.2, -0.15) is 0 Å². The second-order valence-electron chi connectivity index (χ2n) is 4.47. The van der Waals surface area contributed by atoms with Gasteiger partial charge in [0.2, 0.25) is 0 Å². The van der Waals surface area contributed by atoms with E-state index in [0.717, 1.165) is 25.0 Å². The van der Waals surface area contributed by atoms with Gasteiger partial charge in [0.1, 0.15) is 5.75 Å². The van der Waals surface area contributed by atoms with Gasteiger partial charge < -0.3 is 4.74 Å². The molecule has 0 spiro atoms. The Labute approximate surface area is 109 Å². The normalized spacial score (nSPS) is 10.3. The lowest BCUT2D eigenvalue weighted by molar-refractivity contribution is 0.414. The lowest BCUT2D eigenvalue weighted by atomic mass is 9.98.